The molecular weight excluding hydrogens is 1140 g/mol. The number of aliphatic hydroxyl groups is 14. The molecule has 0 bridgehead atoms. The first-order valence-corrected chi connectivity index (χ1v) is 34.1. The van der Waals surface area contributed by atoms with Gasteiger partial charge in [-0.2, -0.15) is 0 Å². The van der Waals surface area contributed by atoms with Crippen LogP contribution in [0.25, 0.3) is 0 Å². The highest BCUT2D eigenvalue weighted by Gasteiger charge is 2.68. The molecule has 22 heteroatoms. The smallest absolute Gasteiger partial charge is 0.251 e. The number of amides is 3. The van der Waals surface area contributed by atoms with Crippen LogP contribution in [0, 0.1) is 92.7 Å². The average Bonchev–Trinajstić information content (AvgIpc) is 1.33. The van der Waals surface area contributed by atoms with Gasteiger partial charge in [0.1, 0.15) is 42.7 Å². The van der Waals surface area contributed by atoms with E-state index in [-0.39, 0.29) is 151 Å². The highest BCUT2D eigenvalue weighted by Crippen LogP contribution is 2.70. The van der Waals surface area contributed by atoms with Crippen molar-refractivity contribution in [3.8, 4) is 0 Å². The maximum Gasteiger partial charge on any atom is 0.251 e. The van der Waals surface area contributed by atoms with E-state index in [4.69, 9.17) is 9.47 Å². The Balaban J connectivity index is 0.796. The number of nitrogens with one attached hydrogen (secondary N) is 2. The van der Waals surface area contributed by atoms with Gasteiger partial charge in [-0.1, -0.05) is 41.5 Å². The van der Waals surface area contributed by atoms with Gasteiger partial charge in [-0.25, -0.2) is 0 Å². The predicted octanol–water partition coefficient (Wildman–Crippen LogP) is 0.843. The first-order chi connectivity index (χ1) is 41.6. The number of nitrogens with zero attached hydrogens (tertiary/aromatic N) is 1. The van der Waals surface area contributed by atoms with Gasteiger partial charge in [-0.15, -0.1) is 0 Å². The monoisotopic (exact) mass is 1250 g/mol. The summed E-state index contributed by atoms with van der Waals surface area (Å²) in [5.74, 6) is 0.317. The second kappa shape index (κ2) is 28.4. The molecule has 9 rings (SSSR count). The number of aliphatic hydroxyl groups excluding tert-OH is 14. The fourth-order valence-electron chi connectivity index (χ4n) is 21.2. The maximum absolute atomic E-state index is 14.4. The lowest BCUT2D eigenvalue weighted by Gasteiger charge is -2.63. The Kier molecular flexibility index (Phi) is 22.6. The normalized spacial score (nSPS) is 45.8. The summed E-state index contributed by atoms with van der Waals surface area (Å²) in [4.78, 5) is 43.0. The van der Waals surface area contributed by atoms with Crippen molar-refractivity contribution in [1.82, 2.24) is 15.5 Å². The molecule has 88 heavy (non-hydrogen) atoms. The van der Waals surface area contributed by atoms with Crippen molar-refractivity contribution < 1.29 is 95.3 Å². The quantitative estimate of drug-likeness (QED) is 0.0596. The highest BCUT2D eigenvalue weighted by molar-refractivity contribution is 5.81. The van der Waals surface area contributed by atoms with Crippen LogP contribution in [-0.2, 0) is 23.9 Å². The average molecular weight is 1250 g/mol. The second-order valence-electron chi connectivity index (χ2n) is 30.8. The third-order valence-electron chi connectivity index (χ3n) is 26.5. The summed E-state index contributed by atoms with van der Waals surface area (Å²) in [6.07, 6.45) is -7.03. The van der Waals surface area contributed by atoms with Crippen molar-refractivity contribution in [2.24, 2.45) is 92.7 Å². The lowest BCUT2D eigenvalue weighted by Crippen LogP contribution is -2.62. The van der Waals surface area contributed by atoms with Gasteiger partial charge in [0.25, 0.3) is 5.91 Å². The van der Waals surface area contributed by atoms with Crippen LogP contribution in [0.15, 0.2) is 0 Å². The van der Waals surface area contributed by atoms with E-state index in [2.05, 4.69) is 52.2 Å². The molecule has 0 aromatic rings. The topological polar surface area (TPSA) is 380 Å². The molecule has 23 unspecified atom stereocenters. The van der Waals surface area contributed by atoms with Gasteiger partial charge < -0.3 is 96.5 Å². The van der Waals surface area contributed by atoms with Crippen molar-refractivity contribution in [3.63, 3.8) is 0 Å². The van der Waals surface area contributed by atoms with Crippen molar-refractivity contribution in [2.75, 3.05) is 39.4 Å². The van der Waals surface area contributed by atoms with Gasteiger partial charge >= 0.3 is 0 Å². The van der Waals surface area contributed by atoms with Gasteiger partial charge in [0.2, 0.25) is 11.8 Å². The standard InChI is InChI=1S/C66H113N3O19/c1-33(39-11-13-41-53-43(29-49(77)65(39,41)5)63(3)19-17-37(72)25-35(63)27-45(53)74)9-15-51(79)67-21-7-23-69(24-8-22-68-61(86)58(84)57(83)60(47(76)31-70)88-62-59(85)56(82)55(81)48(32-71)87-62)52(80)16-10-34(2)40-12-14-42-54-44(30-50(78)66(40,42)6)64(4)20-18-38(73)26-36(64)28-46(54)75/h33-50,53-60,62,70-78,81-85H,7-32H2,1-6H3,(H,67,79)(H,68,86)/t33?,34?,35?,36?,37-,38-,39?,40?,41?,42?,43?,44?,45?,46?,47?,48?,49+,50+,53?,54?,55?,56?,57?,58?,59?,60?,62?,63+,64-,65-,66-/m1/s1. The van der Waals surface area contributed by atoms with Crippen LogP contribution >= 0.6 is 0 Å². The summed E-state index contributed by atoms with van der Waals surface area (Å²) in [5.41, 5.74) is -0.940. The SMILES string of the molecule is CC(CCC(=O)NCCCN(CCCNC(=O)C(O)C(O)C(OC1OC(CO)C(O)C(O)C1O)C(O)CO)C(=O)CCC(C)C1CCC2C3C(O)CC4C[C@H](O)CC[C@@]4(C)C3C[C@H](O)[C@]12C)C1CCC2C3C(O)CC4C[C@H](O)CC[C@]4(C)C3C[C@H](O)[C@]12C. The number of hydrogen-bond donors (Lipinski definition) is 16. The Hall–Kier alpha value is -2.23. The van der Waals surface area contributed by atoms with E-state index in [9.17, 15) is 85.9 Å². The lowest BCUT2D eigenvalue weighted by molar-refractivity contribution is -0.326. The molecule has 9 aliphatic rings. The molecule has 3 amide bonds. The van der Waals surface area contributed by atoms with Crippen LogP contribution in [0.5, 0.6) is 0 Å². The molecule has 1 aliphatic heterocycles. The van der Waals surface area contributed by atoms with Crippen LogP contribution < -0.4 is 10.6 Å². The van der Waals surface area contributed by atoms with Crippen molar-refractivity contribution >= 4 is 17.7 Å². The molecule has 16 N–H and O–H groups in total. The first kappa shape index (κ1) is 70.1. The summed E-state index contributed by atoms with van der Waals surface area (Å²) in [6, 6.07) is 0. The van der Waals surface area contributed by atoms with Gasteiger partial charge in [0.05, 0.1) is 49.8 Å². The van der Waals surface area contributed by atoms with Gasteiger partial charge in [-0.05, 0) is 208 Å². The third kappa shape index (κ3) is 13.3. The molecule has 31 atom stereocenters. The molecule has 22 nitrogen and oxygen atoms in total. The third-order valence-corrected chi connectivity index (χ3v) is 26.5. The molecular formula is C66H113N3O19. The Bertz CT molecular complexity index is 2340. The largest absolute Gasteiger partial charge is 0.394 e. The van der Waals surface area contributed by atoms with E-state index in [0.717, 1.165) is 51.4 Å². The van der Waals surface area contributed by atoms with Crippen molar-refractivity contribution in [1.29, 1.82) is 0 Å². The minimum absolute atomic E-state index is 0.0243. The Morgan fingerprint density at radius 3 is 1.58 bits per heavy atom. The number of ether oxygens (including phenoxy) is 2. The molecule has 0 aromatic carbocycles. The molecule has 0 aromatic heterocycles. The van der Waals surface area contributed by atoms with Crippen LogP contribution in [-0.4, -0.2) is 225 Å². The number of carbonyl (C=O) groups is 3. The molecule has 9 fully saturated rings. The van der Waals surface area contributed by atoms with Crippen LogP contribution in [0.1, 0.15) is 170 Å². The van der Waals surface area contributed by atoms with Gasteiger partial charge in [-0.3, -0.25) is 14.4 Å². The van der Waals surface area contributed by atoms with E-state index in [1.54, 1.807) is 4.90 Å². The van der Waals surface area contributed by atoms with E-state index in [1.807, 2.05) is 0 Å². The summed E-state index contributed by atoms with van der Waals surface area (Å²) in [7, 11) is 0. The second-order valence-corrected chi connectivity index (χ2v) is 30.8. The van der Waals surface area contributed by atoms with E-state index in [0.29, 0.717) is 57.8 Å². The fraction of sp³-hybridized carbons (Fsp3) is 0.955. The summed E-state index contributed by atoms with van der Waals surface area (Å²) >= 11 is 0. The number of hydrogen-bond acceptors (Lipinski definition) is 19. The zero-order valence-corrected chi connectivity index (χ0v) is 53.2. The molecule has 8 saturated carbocycles. The Morgan fingerprint density at radius 1 is 0.602 bits per heavy atom. The molecule has 0 radical (unpaired) electrons. The number of rotatable bonds is 24. The van der Waals surface area contributed by atoms with Crippen LogP contribution in [0.3, 0.4) is 0 Å². The molecule has 0 spiro atoms. The van der Waals surface area contributed by atoms with Gasteiger partial charge in [0.15, 0.2) is 12.4 Å². The fourth-order valence-corrected chi connectivity index (χ4v) is 21.2. The van der Waals surface area contributed by atoms with Crippen molar-refractivity contribution in [2.45, 2.75) is 262 Å². The maximum atomic E-state index is 14.4. The van der Waals surface area contributed by atoms with Crippen LogP contribution in [0.2, 0.25) is 0 Å². The lowest BCUT2D eigenvalue weighted by atomic mass is 9.43. The van der Waals surface area contributed by atoms with Gasteiger partial charge in [0, 0.05) is 39.0 Å². The first-order valence-electron chi connectivity index (χ1n) is 34.1. The van der Waals surface area contributed by atoms with E-state index < -0.39 is 109 Å². The zero-order valence-electron chi connectivity index (χ0n) is 53.2. The highest BCUT2D eigenvalue weighted by atomic mass is 16.7. The molecule has 506 valence electrons. The van der Waals surface area contributed by atoms with E-state index >= 15 is 0 Å². The predicted molar refractivity (Wildman–Crippen MR) is 320 cm³/mol. The molecule has 1 heterocycles. The number of fused-ring (bicyclic) bond motifs is 10. The van der Waals surface area contributed by atoms with Crippen LogP contribution in [0.4, 0.5) is 0 Å². The molecule has 1 saturated heterocycles. The molecule has 8 aliphatic carbocycles. The summed E-state index contributed by atoms with van der Waals surface area (Å²) in [5, 5.41) is 158. The Labute approximate surface area is 520 Å². The Morgan fingerprint density at radius 2 is 1.09 bits per heavy atom. The van der Waals surface area contributed by atoms with Crippen molar-refractivity contribution in [3.05, 3.63) is 0 Å². The minimum atomic E-state index is -2.27. The minimum Gasteiger partial charge on any atom is -0.394 e. The number of carbonyl (C=O) groups excluding carboxylic acids is 3. The summed E-state index contributed by atoms with van der Waals surface area (Å²) < 4.78 is 10.8. The zero-order chi connectivity index (χ0) is 64.1. The van der Waals surface area contributed by atoms with E-state index in [1.165, 1.54) is 0 Å². The summed E-state index contributed by atoms with van der Waals surface area (Å²) in [6.45, 7) is 12.2.